The van der Waals surface area contributed by atoms with E-state index >= 15 is 0 Å². The molecule has 0 aromatic heterocycles. The van der Waals surface area contributed by atoms with E-state index in [1.807, 2.05) is 0 Å². The molecule has 0 N–H and O–H groups in total. The van der Waals surface area contributed by atoms with Crippen molar-refractivity contribution in [2.75, 3.05) is 7.11 Å². The highest BCUT2D eigenvalue weighted by atomic mass is 35.5. The molecule has 0 amide bonds. The van der Waals surface area contributed by atoms with Crippen LogP contribution in [0.25, 0.3) is 0 Å². The van der Waals surface area contributed by atoms with Gasteiger partial charge in [-0.05, 0) is 25.2 Å². The maximum atomic E-state index is 6.03. The Kier molecular flexibility index (Phi) is 2.99. The van der Waals surface area contributed by atoms with Gasteiger partial charge in [-0.2, -0.15) is 0 Å². The minimum atomic E-state index is 0.381. The summed E-state index contributed by atoms with van der Waals surface area (Å²) in [5.41, 5.74) is 0. The molecule has 1 nitrogen and oxygen atoms in total. The molecule has 1 saturated carbocycles. The van der Waals surface area contributed by atoms with Crippen molar-refractivity contribution in [2.24, 2.45) is 5.92 Å². The Morgan fingerprint density at radius 3 is 2.60 bits per heavy atom. The number of hydrogen-bond acceptors (Lipinski definition) is 1. The van der Waals surface area contributed by atoms with Crippen LogP contribution in [0.4, 0.5) is 0 Å². The molecule has 0 aromatic carbocycles. The molecule has 0 aromatic rings. The fourth-order valence-electron chi connectivity index (χ4n) is 1.43. The van der Waals surface area contributed by atoms with Gasteiger partial charge in [0.1, 0.15) is 0 Å². The van der Waals surface area contributed by atoms with Gasteiger partial charge >= 0.3 is 0 Å². The zero-order chi connectivity index (χ0) is 7.56. The summed E-state index contributed by atoms with van der Waals surface area (Å²) in [6.45, 7) is 2.14. The van der Waals surface area contributed by atoms with Crippen LogP contribution in [0.3, 0.4) is 0 Å². The summed E-state index contributed by atoms with van der Waals surface area (Å²) in [4.78, 5) is 0. The number of rotatable bonds is 3. The van der Waals surface area contributed by atoms with Crippen molar-refractivity contribution in [1.82, 2.24) is 0 Å². The second-order valence-electron chi connectivity index (χ2n) is 3.01. The fourth-order valence-corrected chi connectivity index (χ4v) is 1.63. The van der Waals surface area contributed by atoms with Gasteiger partial charge in [0, 0.05) is 12.5 Å². The molecule has 1 aliphatic carbocycles. The summed E-state index contributed by atoms with van der Waals surface area (Å²) in [5.74, 6) is 0.719. The summed E-state index contributed by atoms with van der Waals surface area (Å²) < 4.78 is 5.15. The fraction of sp³-hybridized carbons (Fsp3) is 1.00. The summed E-state index contributed by atoms with van der Waals surface area (Å²) >= 11 is 6.03. The maximum Gasteiger partial charge on any atom is 0.0577 e. The van der Waals surface area contributed by atoms with Gasteiger partial charge in [0.05, 0.1) is 6.10 Å². The molecule has 1 aliphatic rings. The van der Waals surface area contributed by atoms with E-state index < -0.39 is 0 Å². The maximum absolute atomic E-state index is 6.03. The van der Waals surface area contributed by atoms with Crippen molar-refractivity contribution >= 4 is 11.6 Å². The van der Waals surface area contributed by atoms with Crippen LogP contribution >= 0.6 is 11.6 Å². The summed E-state index contributed by atoms with van der Waals surface area (Å²) in [5, 5.41) is 0.381. The van der Waals surface area contributed by atoms with E-state index in [-0.39, 0.29) is 0 Å². The van der Waals surface area contributed by atoms with Crippen LogP contribution in [0, 0.1) is 5.92 Å². The highest BCUT2D eigenvalue weighted by Crippen LogP contribution is 2.35. The van der Waals surface area contributed by atoms with Gasteiger partial charge in [0.2, 0.25) is 0 Å². The molecule has 1 atom stereocenters. The minimum Gasteiger partial charge on any atom is -0.381 e. The molecule has 1 rings (SSSR count). The molecule has 10 heavy (non-hydrogen) atoms. The van der Waals surface area contributed by atoms with Crippen LogP contribution in [-0.4, -0.2) is 18.6 Å². The van der Waals surface area contributed by atoms with Crippen molar-refractivity contribution < 1.29 is 4.74 Å². The molecule has 0 heterocycles. The van der Waals surface area contributed by atoms with E-state index in [4.69, 9.17) is 16.3 Å². The standard InChI is InChI=1S/C8H15ClO/c1-3-8(9)6-4-7(5-6)10-2/h6-8H,3-5H2,1-2H3. The number of alkyl halides is 1. The molecule has 1 fully saturated rings. The van der Waals surface area contributed by atoms with Crippen LogP contribution in [0.1, 0.15) is 26.2 Å². The molecule has 0 saturated heterocycles. The Morgan fingerprint density at radius 1 is 1.60 bits per heavy atom. The molecule has 0 bridgehead atoms. The monoisotopic (exact) mass is 162 g/mol. The number of ether oxygens (including phenoxy) is 1. The molecule has 60 valence electrons. The van der Waals surface area contributed by atoms with E-state index in [0.717, 1.165) is 12.3 Å². The van der Waals surface area contributed by atoms with Crippen molar-refractivity contribution in [3.63, 3.8) is 0 Å². The van der Waals surface area contributed by atoms with Crippen LogP contribution in [0.2, 0.25) is 0 Å². The third-order valence-electron chi connectivity index (χ3n) is 2.37. The lowest BCUT2D eigenvalue weighted by molar-refractivity contribution is -0.000320. The molecule has 1 unspecified atom stereocenters. The van der Waals surface area contributed by atoms with Crippen molar-refractivity contribution in [1.29, 1.82) is 0 Å². The summed E-state index contributed by atoms with van der Waals surface area (Å²) in [6.07, 6.45) is 3.91. The van der Waals surface area contributed by atoms with Crippen LogP contribution in [0.15, 0.2) is 0 Å². The highest BCUT2D eigenvalue weighted by Gasteiger charge is 2.33. The Hall–Kier alpha value is 0.250. The van der Waals surface area contributed by atoms with Gasteiger partial charge in [0.25, 0.3) is 0 Å². The van der Waals surface area contributed by atoms with Crippen molar-refractivity contribution in [2.45, 2.75) is 37.7 Å². The quantitative estimate of drug-likeness (QED) is 0.580. The van der Waals surface area contributed by atoms with Gasteiger partial charge in [-0.3, -0.25) is 0 Å². The molecule has 2 heteroatoms. The average molecular weight is 163 g/mol. The first kappa shape index (κ1) is 8.35. The van der Waals surface area contributed by atoms with Crippen LogP contribution in [-0.2, 0) is 4.74 Å². The zero-order valence-electron chi connectivity index (χ0n) is 6.64. The van der Waals surface area contributed by atoms with Crippen LogP contribution < -0.4 is 0 Å². The smallest absolute Gasteiger partial charge is 0.0577 e. The Bertz CT molecular complexity index is 99.4. The Morgan fingerprint density at radius 2 is 2.20 bits per heavy atom. The molecule has 0 aliphatic heterocycles. The third-order valence-corrected chi connectivity index (χ3v) is 3.03. The molecular weight excluding hydrogens is 148 g/mol. The minimum absolute atomic E-state index is 0.381. The van der Waals surface area contributed by atoms with Gasteiger partial charge in [0.15, 0.2) is 0 Å². The second-order valence-corrected chi connectivity index (χ2v) is 3.57. The predicted octanol–water partition coefficient (Wildman–Crippen LogP) is 2.43. The van der Waals surface area contributed by atoms with Gasteiger partial charge in [-0.25, -0.2) is 0 Å². The lowest BCUT2D eigenvalue weighted by atomic mass is 9.79. The van der Waals surface area contributed by atoms with E-state index in [0.29, 0.717) is 11.5 Å². The Balaban J connectivity index is 2.13. The van der Waals surface area contributed by atoms with E-state index in [9.17, 15) is 0 Å². The first-order chi connectivity index (χ1) is 4.77. The van der Waals surface area contributed by atoms with Crippen LogP contribution in [0.5, 0.6) is 0 Å². The largest absolute Gasteiger partial charge is 0.381 e. The number of halogens is 1. The topological polar surface area (TPSA) is 9.23 Å². The summed E-state index contributed by atoms with van der Waals surface area (Å²) in [6, 6.07) is 0. The second kappa shape index (κ2) is 3.59. The van der Waals surface area contributed by atoms with E-state index in [2.05, 4.69) is 6.92 Å². The van der Waals surface area contributed by atoms with Crippen molar-refractivity contribution in [3.05, 3.63) is 0 Å². The highest BCUT2D eigenvalue weighted by molar-refractivity contribution is 6.20. The number of hydrogen-bond donors (Lipinski definition) is 0. The first-order valence-corrected chi connectivity index (χ1v) is 4.38. The first-order valence-electron chi connectivity index (χ1n) is 3.94. The number of methoxy groups -OCH3 is 1. The summed E-state index contributed by atoms with van der Waals surface area (Å²) in [7, 11) is 1.77. The lowest BCUT2D eigenvalue weighted by Crippen LogP contribution is -2.35. The Labute approximate surface area is 67.7 Å². The third kappa shape index (κ3) is 1.64. The SMILES string of the molecule is CCC(Cl)C1CC(OC)C1. The zero-order valence-corrected chi connectivity index (χ0v) is 7.40. The molecule has 0 spiro atoms. The van der Waals surface area contributed by atoms with Crippen molar-refractivity contribution in [3.8, 4) is 0 Å². The predicted molar refractivity (Wildman–Crippen MR) is 43.5 cm³/mol. The van der Waals surface area contributed by atoms with Gasteiger partial charge < -0.3 is 4.74 Å². The normalized spacial score (nSPS) is 35.1. The average Bonchev–Trinajstić information content (AvgIpc) is 1.85. The molecular formula is C8H15ClO. The molecule has 0 radical (unpaired) electrons. The van der Waals surface area contributed by atoms with E-state index in [1.54, 1.807) is 7.11 Å². The van der Waals surface area contributed by atoms with E-state index in [1.165, 1.54) is 12.8 Å². The van der Waals surface area contributed by atoms with Gasteiger partial charge in [-0.15, -0.1) is 11.6 Å². The lowest BCUT2D eigenvalue weighted by Gasteiger charge is -2.36. The van der Waals surface area contributed by atoms with Gasteiger partial charge in [-0.1, -0.05) is 6.92 Å².